The molecule has 0 aliphatic heterocycles. The molecule has 2 N–H and O–H groups in total. The number of nitrogens with zero attached hydrogens (tertiary/aromatic N) is 2. The summed E-state index contributed by atoms with van der Waals surface area (Å²) in [5.41, 5.74) is 1.31. The molecule has 1 aromatic heterocycles. The molecule has 0 fully saturated rings. The fourth-order valence-electron chi connectivity index (χ4n) is 2.10. The molecular weight excluding hydrogens is 316 g/mol. The third-order valence-corrected chi connectivity index (χ3v) is 3.40. The lowest BCUT2D eigenvalue weighted by molar-refractivity contribution is 0.0951. The van der Waals surface area contributed by atoms with Crippen molar-refractivity contribution >= 4 is 17.5 Å². The van der Waals surface area contributed by atoms with Crippen LogP contribution in [0.5, 0.6) is 5.75 Å². The average molecular weight is 342 g/mol. The lowest BCUT2D eigenvalue weighted by atomic mass is 10.1. The van der Waals surface area contributed by atoms with Gasteiger partial charge in [0.1, 0.15) is 5.75 Å². The molecule has 134 valence electrons. The van der Waals surface area contributed by atoms with E-state index in [0.717, 1.165) is 17.9 Å². The molecule has 2 rings (SSSR count). The number of hydrogen-bond acceptors (Lipinski definition) is 5. The van der Waals surface area contributed by atoms with Gasteiger partial charge in [-0.25, -0.2) is 9.97 Å². The van der Waals surface area contributed by atoms with Crippen molar-refractivity contribution in [2.24, 2.45) is 5.92 Å². The van der Waals surface area contributed by atoms with Gasteiger partial charge in [0.15, 0.2) is 0 Å². The molecule has 6 nitrogen and oxygen atoms in total. The molecule has 0 aliphatic rings. The molecule has 0 spiro atoms. The Morgan fingerprint density at radius 3 is 2.28 bits per heavy atom. The first kappa shape index (κ1) is 18.7. The molecule has 25 heavy (non-hydrogen) atoms. The van der Waals surface area contributed by atoms with E-state index >= 15 is 0 Å². The van der Waals surface area contributed by atoms with Crippen molar-refractivity contribution in [2.75, 3.05) is 11.9 Å². The van der Waals surface area contributed by atoms with Gasteiger partial charge in [0.05, 0.1) is 11.7 Å². The molecule has 0 aliphatic carbocycles. The van der Waals surface area contributed by atoms with E-state index in [9.17, 15) is 4.79 Å². The van der Waals surface area contributed by atoms with Gasteiger partial charge >= 0.3 is 0 Å². The average Bonchev–Trinajstić information content (AvgIpc) is 2.56. The Morgan fingerprint density at radius 1 is 1.08 bits per heavy atom. The van der Waals surface area contributed by atoms with E-state index in [1.54, 1.807) is 0 Å². The first-order valence-corrected chi connectivity index (χ1v) is 8.58. The van der Waals surface area contributed by atoms with E-state index in [4.69, 9.17) is 4.74 Å². The number of aromatic nitrogens is 2. The predicted octanol–water partition coefficient (Wildman–Crippen LogP) is 3.78. The normalized spacial score (nSPS) is 10.8. The number of rotatable bonds is 8. The third-order valence-electron chi connectivity index (χ3n) is 3.40. The summed E-state index contributed by atoms with van der Waals surface area (Å²) in [7, 11) is 0. The molecular formula is C19H26N4O2. The van der Waals surface area contributed by atoms with Crippen LogP contribution in [0.1, 0.15) is 44.5 Å². The summed E-state index contributed by atoms with van der Waals surface area (Å²) in [5, 5.41) is 5.97. The zero-order valence-electron chi connectivity index (χ0n) is 15.2. The fourth-order valence-corrected chi connectivity index (χ4v) is 2.10. The summed E-state index contributed by atoms with van der Waals surface area (Å²) >= 11 is 0. The van der Waals surface area contributed by atoms with Crippen molar-refractivity contribution in [1.29, 1.82) is 0 Å². The van der Waals surface area contributed by atoms with E-state index < -0.39 is 0 Å². The Balaban J connectivity index is 1.90. The number of nitrogens with one attached hydrogen (secondary N) is 2. The number of ether oxygens (including phenoxy) is 1. The van der Waals surface area contributed by atoms with Crippen LogP contribution in [0.2, 0.25) is 0 Å². The molecule has 1 amide bonds. The summed E-state index contributed by atoms with van der Waals surface area (Å²) in [5.74, 6) is 1.66. The van der Waals surface area contributed by atoms with Gasteiger partial charge < -0.3 is 15.4 Å². The number of anilines is 2. The molecule has 2 aromatic rings. The van der Waals surface area contributed by atoms with Crippen molar-refractivity contribution in [3.63, 3.8) is 0 Å². The smallest absolute Gasteiger partial charge is 0.254 e. The van der Waals surface area contributed by atoms with Gasteiger partial charge in [0.2, 0.25) is 5.95 Å². The molecule has 0 radical (unpaired) electrons. The lowest BCUT2D eigenvalue weighted by Crippen LogP contribution is -2.25. The minimum Gasteiger partial charge on any atom is -0.491 e. The number of benzene rings is 1. The zero-order chi connectivity index (χ0) is 18.2. The molecule has 0 unspecified atom stereocenters. The molecule has 0 atom stereocenters. The zero-order valence-corrected chi connectivity index (χ0v) is 15.2. The Morgan fingerprint density at radius 2 is 1.72 bits per heavy atom. The van der Waals surface area contributed by atoms with Crippen LogP contribution >= 0.6 is 0 Å². The van der Waals surface area contributed by atoms with E-state index in [-0.39, 0.29) is 12.0 Å². The largest absolute Gasteiger partial charge is 0.491 e. The Bertz CT molecular complexity index is 667. The molecule has 6 heteroatoms. The van der Waals surface area contributed by atoms with Crippen LogP contribution in [-0.2, 0) is 0 Å². The van der Waals surface area contributed by atoms with Gasteiger partial charge in [-0.2, -0.15) is 0 Å². The van der Waals surface area contributed by atoms with Gasteiger partial charge in [0.25, 0.3) is 5.91 Å². The molecule has 0 saturated carbocycles. The van der Waals surface area contributed by atoms with Gasteiger partial charge in [-0.05, 0) is 50.5 Å². The summed E-state index contributed by atoms with van der Waals surface area (Å²) < 4.78 is 5.60. The van der Waals surface area contributed by atoms with E-state index in [0.29, 0.717) is 24.0 Å². The highest BCUT2D eigenvalue weighted by atomic mass is 16.5. The first-order chi connectivity index (χ1) is 11.9. The second-order valence-electron chi connectivity index (χ2n) is 6.55. The standard InChI is InChI=1S/C19H26N4O2/c1-13(2)9-10-20-18(24)15-11-21-19(22-12-15)23-16-5-7-17(8-6-16)25-14(3)4/h5-8,11-14H,9-10H2,1-4H3,(H,20,24)(H,21,22,23). The third kappa shape index (κ3) is 6.41. The summed E-state index contributed by atoms with van der Waals surface area (Å²) in [6.07, 6.45) is 4.14. The van der Waals surface area contributed by atoms with E-state index in [2.05, 4.69) is 34.4 Å². The van der Waals surface area contributed by atoms with Crippen LogP contribution in [0.25, 0.3) is 0 Å². The van der Waals surface area contributed by atoms with Crippen LogP contribution in [-0.4, -0.2) is 28.5 Å². The highest BCUT2D eigenvalue weighted by Gasteiger charge is 2.07. The SMILES string of the molecule is CC(C)CCNC(=O)c1cnc(Nc2ccc(OC(C)C)cc2)nc1. The van der Waals surface area contributed by atoms with E-state index in [1.807, 2.05) is 38.1 Å². The summed E-state index contributed by atoms with van der Waals surface area (Å²) in [4.78, 5) is 20.4. The van der Waals surface area contributed by atoms with E-state index in [1.165, 1.54) is 12.4 Å². The molecule has 0 bridgehead atoms. The topological polar surface area (TPSA) is 76.1 Å². The fraction of sp³-hybridized carbons (Fsp3) is 0.421. The Hall–Kier alpha value is -2.63. The van der Waals surface area contributed by atoms with Gasteiger partial charge in [0, 0.05) is 24.6 Å². The van der Waals surface area contributed by atoms with Crippen LogP contribution in [0.15, 0.2) is 36.7 Å². The van der Waals surface area contributed by atoms with Gasteiger partial charge in [-0.3, -0.25) is 4.79 Å². The maximum atomic E-state index is 12.0. The minimum absolute atomic E-state index is 0.140. The van der Waals surface area contributed by atoms with Crippen molar-refractivity contribution in [3.8, 4) is 5.75 Å². The highest BCUT2D eigenvalue weighted by molar-refractivity contribution is 5.93. The van der Waals surface area contributed by atoms with Crippen LogP contribution in [0.4, 0.5) is 11.6 Å². The van der Waals surface area contributed by atoms with Crippen LogP contribution < -0.4 is 15.4 Å². The molecule has 0 saturated heterocycles. The Labute approximate surface area is 149 Å². The molecule has 1 aromatic carbocycles. The lowest BCUT2D eigenvalue weighted by Gasteiger charge is -2.11. The quantitative estimate of drug-likeness (QED) is 0.763. The highest BCUT2D eigenvalue weighted by Crippen LogP contribution is 2.19. The number of hydrogen-bond donors (Lipinski definition) is 2. The van der Waals surface area contributed by atoms with Gasteiger partial charge in [-0.15, -0.1) is 0 Å². The number of amides is 1. The Kier molecular flexibility index (Phi) is 6.74. The number of carbonyl (C=O) groups excluding carboxylic acids is 1. The second-order valence-corrected chi connectivity index (χ2v) is 6.55. The van der Waals surface area contributed by atoms with Crippen LogP contribution in [0, 0.1) is 5.92 Å². The maximum absolute atomic E-state index is 12.0. The monoisotopic (exact) mass is 342 g/mol. The van der Waals surface area contributed by atoms with Crippen molar-refractivity contribution < 1.29 is 9.53 Å². The molecule has 1 heterocycles. The number of carbonyl (C=O) groups is 1. The predicted molar refractivity (Wildman–Crippen MR) is 99.3 cm³/mol. The minimum atomic E-state index is -0.151. The summed E-state index contributed by atoms with van der Waals surface area (Å²) in [6, 6.07) is 7.57. The van der Waals surface area contributed by atoms with Crippen molar-refractivity contribution in [2.45, 2.75) is 40.2 Å². The van der Waals surface area contributed by atoms with Crippen LogP contribution in [0.3, 0.4) is 0 Å². The first-order valence-electron chi connectivity index (χ1n) is 8.58. The summed E-state index contributed by atoms with van der Waals surface area (Å²) in [6.45, 7) is 8.87. The van der Waals surface area contributed by atoms with Crippen molar-refractivity contribution in [1.82, 2.24) is 15.3 Å². The van der Waals surface area contributed by atoms with Crippen molar-refractivity contribution in [3.05, 3.63) is 42.2 Å². The maximum Gasteiger partial charge on any atom is 0.254 e. The second kappa shape index (κ2) is 9.01. The van der Waals surface area contributed by atoms with Gasteiger partial charge in [-0.1, -0.05) is 13.8 Å².